The van der Waals surface area contributed by atoms with Gasteiger partial charge < -0.3 is 18.5 Å². The van der Waals surface area contributed by atoms with Crippen molar-refractivity contribution in [3.63, 3.8) is 0 Å². The molecule has 36 heavy (non-hydrogen) atoms. The van der Waals surface area contributed by atoms with Crippen molar-refractivity contribution in [1.29, 1.82) is 0 Å². The molecule has 0 radical (unpaired) electrons. The standard InChI is InChI=1S/C25H32ClN2O5PS2/c1-6-25(7-2)16-31-34(35,32-17-25)28(20-12-10-19(26)11-13-20)36-27(5)23(29)33-22-21-18(9-8-14-30-21)15-24(22,3)4/h8-14H,6-7,15-17H2,1-5H3. The minimum atomic E-state index is -2.96. The van der Waals surface area contributed by atoms with Gasteiger partial charge in [-0.2, -0.15) is 0 Å². The van der Waals surface area contributed by atoms with Crippen molar-refractivity contribution >= 4 is 54.0 Å². The van der Waals surface area contributed by atoms with Gasteiger partial charge in [0.1, 0.15) is 0 Å². The molecule has 0 N–H and O–H groups in total. The highest BCUT2D eigenvalue weighted by atomic mass is 35.5. The topological polar surface area (TPSA) is 60.5 Å². The number of carbonyl (C=O) groups excluding carboxylic acids is 1. The molecule has 0 aromatic heterocycles. The zero-order chi connectivity index (χ0) is 26.1. The van der Waals surface area contributed by atoms with Gasteiger partial charge in [0.25, 0.3) is 0 Å². The van der Waals surface area contributed by atoms with Crippen LogP contribution < -0.4 is 4.08 Å². The van der Waals surface area contributed by atoms with Crippen LogP contribution in [0.15, 0.2) is 59.8 Å². The van der Waals surface area contributed by atoms with Crippen LogP contribution in [0.4, 0.5) is 10.5 Å². The summed E-state index contributed by atoms with van der Waals surface area (Å²) in [6.45, 7) is 6.36. The van der Waals surface area contributed by atoms with Crippen LogP contribution >= 0.6 is 30.4 Å². The molecule has 1 saturated heterocycles. The average Bonchev–Trinajstić information content (AvgIpc) is 3.13. The van der Waals surface area contributed by atoms with Crippen molar-refractivity contribution in [2.45, 2.75) is 47.0 Å². The number of anilines is 1. The van der Waals surface area contributed by atoms with Crippen molar-refractivity contribution in [3.8, 4) is 0 Å². The van der Waals surface area contributed by atoms with Crippen LogP contribution in [0.5, 0.6) is 0 Å². The maximum Gasteiger partial charge on any atom is 0.426 e. The monoisotopic (exact) mass is 570 g/mol. The number of halogens is 1. The Labute approximate surface area is 227 Å². The smallest absolute Gasteiger partial charge is 0.426 e. The highest BCUT2D eigenvalue weighted by Crippen LogP contribution is 2.62. The summed E-state index contributed by atoms with van der Waals surface area (Å²) in [6, 6.07) is 7.21. The number of hydrogen-bond acceptors (Lipinski definition) is 7. The first-order chi connectivity index (χ1) is 17.0. The third kappa shape index (κ3) is 5.52. The fourth-order valence-corrected chi connectivity index (χ4v) is 8.27. The van der Waals surface area contributed by atoms with Crippen LogP contribution in [0.25, 0.3) is 0 Å². The third-order valence-corrected chi connectivity index (χ3v) is 11.7. The molecule has 0 saturated carbocycles. The highest BCUT2D eigenvalue weighted by Gasteiger charge is 2.44. The van der Waals surface area contributed by atoms with E-state index in [0.29, 0.717) is 29.8 Å². The maximum atomic E-state index is 13.3. The van der Waals surface area contributed by atoms with Gasteiger partial charge in [-0.25, -0.2) is 13.2 Å². The Morgan fingerprint density at radius 3 is 2.44 bits per heavy atom. The van der Waals surface area contributed by atoms with E-state index in [1.807, 2.05) is 38.1 Å². The molecule has 196 valence electrons. The first-order valence-electron chi connectivity index (χ1n) is 11.9. The molecule has 7 nitrogen and oxygen atoms in total. The molecule has 1 fully saturated rings. The first kappa shape index (κ1) is 27.6. The molecule has 4 rings (SSSR count). The second-order valence-electron chi connectivity index (χ2n) is 9.78. The minimum Gasteiger partial charge on any atom is -0.461 e. The van der Waals surface area contributed by atoms with Crippen molar-refractivity contribution in [2.24, 2.45) is 10.8 Å². The van der Waals surface area contributed by atoms with E-state index in [4.69, 9.17) is 41.9 Å². The summed E-state index contributed by atoms with van der Waals surface area (Å²) in [6.07, 6.45) is 7.45. The summed E-state index contributed by atoms with van der Waals surface area (Å²) < 4.78 is 27.3. The van der Waals surface area contributed by atoms with Crippen molar-refractivity contribution in [2.75, 3.05) is 24.3 Å². The van der Waals surface area contributed by atoms with Crippen LogP contribution in [-0.2, 0) is 30.3 Å². The van der Waals surface area contributed by atoms with Gasteiger partial charge in [0, 0.05) is 22.9 Å². The Morgan fingerprint density at radius 1 is 1.19 bits per heavy atom. The van der Waals surface area contributed by atoms with Crippen LogP contribution in [0.1, 0.15) is 47.0 Å². The summed E-state index contributed by atoms with van der Waals surface area (Å²) in [5, 5.41) is 0.594. The van der Waals surface area contributed by atoms with Gasteiger partial charge in [-0.05, 0) is 67.0 Å². The summed E-state index contributed by atoms with van der Waals surface area (Å²) in [5.41, 5.74) is 1.29. The number of benzene rings is 1. The van der Waals surface area contributed by atoms with E-state index in [9.17, 15) is 4.79 Å². The van der Waals surface area contributed by atoms with Gasteiger partial charge in [0.05, 0.1) is 37.3 Å². The molecule has 1 aromatic rings. The van der Waals surface area contributed by atoms with E-state index < -0.39 is 12.7 Å². The molecule has 0 spiro atoms. The Bertz CT molecular complexity index is 1130. The number of allylic oxidation sites excluding steroid dienone is 4. The van der Waals surface area contributed by atoms with Crippen LogP contribution in [0, 0.1) is 10.8 Å². The lowest BCUT2D eigenvalue weighted by Crippen LogP contribution is -2.37. The number of fused-ring (bicyclic) bond motifs is 1. The summed E-state index contributed by atoms with van der Waals surface area (Å²) in [7, 11) is 1.63. The lowest BCUT2D eigenvalue weighted by Gasteiger charge is -2.44. The quantitative estimate of drug-likeness (QED) is 0.242. The number of rotatable bonds is 7. The predicted octanol–water partition coefficient (Wildman–Crippen LogP) is 7.97. The summed E-state index contributed by atoms with van der Waals surface area (Å²) >= 11 is 13.2. The Hall–Kier alpha value is -1.48. The lowest BCUT2D eigenvalue weighted by atomic mass is 9.84. The molecule has 0 atom stereocenters. The molecule has 3 aliphatic rings. The number of nitrogens with zero attached hydrogens (tertiary/aromatic N) is 2. The minimum absolute atomic E-state index is 0.0644. The Balaban J connectivity index is 1.56. The fourth-order valence-electron chi connectivity index (χ4n) is 4.18. The lowest BCUT2D eigenvalue weighted by molar-refractivity contribution is 0.0274. The van der Waals surface area contributed by atoms with E-state index in [2.05, 4.69) is 13.8 Å². The van der Waals surface area contributed by atoms with Crippen LogP contribution in [0.2, 0.25) is 5.02 Å². The summed E-state index contributed by atoms with van der Waals surface area (Å²) in [4.78, 5) is 13.3. The number of hydrogen-bond donors (Lipinski definition) is 0. The second-order valence-corrected chi connectivity index (χ2v) is 14.8. The molecule has 0 bridgehead atoms. The zero-order valence-corrected chi connectivity index (χ0v) is 24.4. The van der Waals surface area contributed by atoms with Gasteiger partial charge in [0.2, 0.25) is 0 Å². The van der Waals surface area contributed by atoms with Crippen molar-refractivity contribution < 1.29 is 23.3 Å². The molecular weight excluding hydrogens is 539 g/mol. The highest BCUT2D eigenvalue weighted by molar-refractivity contribution is 8.19. The second kappa shape index (κ2) is 10.7. The number of amides is 1. The Kier molecular flexibility index (Phi) is 8.20. The first-order valence-corrected chi connectivity index (χ1v) is 15.6. The third-order valence-electron chi connectivity index (χ3n) is 6.79. The largest absolute Gasteiger partial charge is 0.461 e. The molecular formula is C25H32ClN2O5PS2. The van der Waals surface area contributed by atoms with Crippen molar-refractivity contribution in [3.05, 3.63) is 64.8 Å². The van der Waals surface area contributed by atoms with E-state index >= 15 is 0 Å². The molecule has 0 unspecified atom stereocenters. The van der Waals surface area contributed by atoms with Gasteiger partial charge >= 0.3 is 12.7 Å². The summed E-state index contributed by atoms with van der Waals surface area (Å²) in [5.74, 6) is 1.11. The van der Waals surface area contributed by atoms with Crippen LogP contribution in [-0.4, -0.2) is 30.7 Å². The van der Waals surface area contributed by atoms with Crippen LogP contribution in [0.3, 0.4) is 0 Å². The van der Waals surface area contributed by atoms with Gasteiger partial charge in [0.15, 0.2) is 11.5 Å². The van der Waals surface area contributed by atoms with Gasteiger partial charge in [-0.15, -0.1) is 0 Å². The molecule has 2 heterocycles. The molecule has 1 aromatic carbocycles. The molecule has 1 aliphatic carbocycles. The van der Waals surface area contributed by atoms with Gasteiger partial charge in [-0.3, -0.25) is 0 Å². The fraction of sp³-hybridized carbons (Fsp3) is 0.480. The van der Waals surface area contributed by atoms with Gasteiger partial charge in [-0.1, -0.05) is 45.4 Å². The van der Waals surface area contributed by atoms with E-state index in [1.165, 1.54) is 4.31 Å². The SMILES string of the molecule is CCC1(CC)COP(=S)(N(SN(C)C(=O)OC2=C3OC=CC=C3CC2(C)C)c2ccc(Cl)cc2)OC1. The number of carbonyl (C=O) groups is 1. The zero-order valence-electron chi connectivity index (χ0n) is 21.2. The predicted molar refractivity (Wildman–Crippen MR) is 149 cm³/mol. The van der Waals surface area contributed by atoms with Crippen molar-refractivity contribution in [1.82, 2.24) is 4.31 Å². The Morgan fingerprint density at radius 2 is 1.83 bits per heavy atom. The maximum absolute atomic E-state index is 13.3. The average molecular weight is 571 g/mol. The molecule has 11 heteroatoms. The number of ether oxygens (including phenoxy) is 2. The van der Waals surface area contributed by atoms with E-state index in [0.717, 1.165) is 42.7 Å². The van der Waals surface area contributed by atoms with E-state index in [1.54, 1.807) is 29.5 Å². The molecule has 1 amide bonds. The van der Waals surface area contributed by atoms with E-state index in [-0.39, 0.29) is 10.8 Å². The molecule has 2 aliphatic heterocycles. The normalized spacial score (nSPS) is 21.3.